The van der Waals surface area contributed by atoms with Gasteiger partial charge in [0.25, 0.3) is 0 Å². The van der Waals surface area contributed by atoms with Crippen LogP contribution in [0.15, 0.2) is 48.5 Å². The highest BCUT2D eigenvalue weighted by Crippen LogP contribution is 2.25. The van der Waals surface area contributed by atoms with Crippen LogP contribution in [0.5, 0.6) is 11.5 Å². The molecule has 0 saturated carbocycles. The van der Waals surface area contributed by atoms with Crippen LogP contribution in [0.4, 0.5) is 5.69 Å². The van der Waals surface area contributed by atoms with Crippen LogP contribution in [0.1, 0.15) is 0 Å². The average Bonchev–Trinajstić information content (AvgIpc) is 2.58. The number of carbonyl (C=O) groups excluding carboxylic acids is 1. The molecule has 0 N–H and O–H groups in total. The first-order valence-electron chi connectivity index (χ1n) is 6.96. The smallest absolute Gasteiger partial charge is 0.344 e. The molecule has 0 fully saturated rings. The third-order valence-electron chi connectivity index (χ3n) is 2.84. The van der Waals surface area contributed by atoms with Crippen molar-refractivity contribution in [3.05, 3.63) is 63.7 Å². The van der Waals surface area contributed by atoms with E-state index in [0.29, 0.717) is 10.8 Å². The highest BCUT2D eigenvalue weighted by Gasteiger charge is 2.15. The summed E-state index contributed by atoms with van der Waals surface area (Å²) in [4.78, 5) is 21.8. The van der Waals surface area contributed by atoms with Gasteiger partial charge in [-0.15, -0.1) is 0 Å². The summed E-state index contributed by atoms with van der Waals surface area (Å²) in [5.74, 6) is -0.0312. The summed E-state index contributed by atoms with van der Waals surface area (Å²) in [6.45, 7) is -0.230. The van der Waals surface area contributed by atoms with Gasteiger partial charge in [0.15, 0.2) is 12.4 Å². The number of carbonyl (C=O) groups is 1. The monoisotopic (exact) mass is 351 g/mol. The number of hydrogen-bond donors (Lipinski definition) is 0. The molecule has 0 unspecified atom stereocenters. The lowest BCUT2D eigenvalue weighted by molar-refractivity contribution is -0.385. The summed E-state index contributed by atoms with van der Waals surface area (Å²) in [5.41, 5.74) is -0.212. The molecule has 0 radical (unpaired) electrons. The first kappa shape index (κ1) is 17.6. The Morgan fingerprint density at radius 1 is 1.04 bits per heavy atom. The molecule has 2 rings (SSSR count). The summed E-state index contributed by atoms with van der Waals surface area (Å²) in [7, 11) is 0. The average molecular weight is 352 g/mol. The van der Waals surface area contributed by atoms with Crippen molar-refractivity contribution in [3.8, 4) is 11.5 Å². The fourth-order valence-corrected chi connectivity index (χ4v) is 1.88. The number of hydrogen-bond acceptors (Lipinski definition) is 6. The molecule has 0 aliphatic heterocycles. The molecule has 0 amide bonds. The van der Waals surface area contributed by atoms with E-state index in [2.05, 4.69) is 0 Å². The number of rotatable bonds is 8. The predicted octanol–water partition coefficient (Wildman–Crippen LogP) is 3.25. The van der Waals surface area contributed by atoms with Crippen LogP contribution < -0.4 is 9.47 Å². The van der Waals surface area contributed by atoms with E-state index in [0.717, 1.165) is 0 Å². The van der Waals surface area contributed by atoms with Gasteiger partial charge in [0.2, 0.25) is 0 Å². The number of benzene rings is 2. The fraction of sp³-hybridized carbons (Fsp3) is 0.188. The second-order valence-electron chi connectivity index (χ2n) is 4.54. The molecule has 0 heterocycles. The molecule has 0 saturated heterocycles. The minimum absolute atomic E-state index is 0.0110. The van der Waals surface area contributed by atoms with Gasteiger partial charge in [-0.1, -0.05) is 23.7 Å². The van der Waals surface area contributed by atoms with Crippen molar-refractivity contribution in [1.29, 1.82) is 0 Å². The quantitative estimate of drug-likeness (QED) is 0.314. The van der Waals surface area contributed by atoms with Gasteiger partial charge in [-0.05, 0) is 30.3 Å². The van der Waals surface area contributed by atoms with Gasteiger partial charge in [0.1, 0.15) is 19.0 Å². The van der Waals surface area contributed by atoms with Crippen LogP contribution in [0, 0.1) is 10.1 Å². The molecule has 7 nitrogen and oxygen atoms in total. The van der Waals surface area contributed by atoms with Gasteiger partial charge in [-0.2, -0.15) is 0 Å². The molecule has 2 aromatic carbocycles. The largest absolute Gasteiger partial charge is 0.490 e. The molecule has 8 heteroatoms. The van der Waals surface area contributed by atoms with Crippen LogP contribution >= 0.6 is 11.6 Å². The van der Waals surface area contributed by atoms with Crippen molar-refractivity contribution in [2.75, 3.05) is 19.8 Å². The van der Waals surface area contributed by atoms with E-state index in [9.17, 15) is 14.9 Å². The van der Waals surface area contributed by atoms with Crippen LogP contribution in [0.2, 0.25) is 5.02 Å². The lowest BCUT2D eigenvalue weighted by atomic mass is 10.3. The lowest BCUT2D eigenvalue weighted by Gasteiger charge is -2.08. The third kappa shape index (κ3) is 5.44. The molecule has 0 atom stereocenters. The molecular formula is C16H14ClNO6. The second-order valence-corrected chi connectivity index (χ2v) is 4.97. The minimum Gasteiger partial charge on any atom is -0.490 e. The number of ether oxygens (including phenoxy) is 3. The number of nitro groups is 1. The van der Waals surface area contributed by atoms with Gasteiger partial charge in [0, 0.05) is 11.1 Å². The Hall–Kier alpha value is -2.80. The van der Waals surface area contributed by atoms with Crippen molar-refractivity contribution >= 4 is 23.3 Å². The van der Waals surface area contributed by atoms with E-state index in [1.165, 1.54) is 18.2 Å². The second kappa shape index (κ2) is 8.73. The topological polar surface area (TPSA) is 87.9 Å². The van der Waals surface area contributed by atoms with Gasteiger partial charge >= 0.3 is 11.7 Å². The Balaban J connectivity index is 1.70. The Morgan fingerprint density at radius 3 is 2.46 bits per heavy atom. The molecule has 0 aliphatic rings. The highest BCUT2D eigenvalue weighted by atomic mass is 35.5. The van der Waals surface area contributed by atoms with Crippen molar-refractivity contribution in [2.24, 2.45) is 0 Å². The summed E-state index contributed by atoms with van der Waals surface area (Å²) in [5, 5.41) is 11.4. The summed E-state index contributed by atoms with van der Waals surface area (Å²) < 4.78 is 15.4. The van der Waals surface area contributed by atoms with E-state index < -0.39 is 17.5 Å². The van der Waals surface area contributed by atoms with Crippen LogP contribution in [0.3, 0.4) is 0 Å². The summed E-state index contributed by atoms with van der Waals surface area (Å²) in [6, 6.07) is 12.6. The van der Waals surface area contributed by atoms with Gasteiger partial charge < -0.3 is 14.2 Å². The maximum Gasteiger partial charge on any atom is 0.344 e. The highest BCUT2D eigenvalue weighted by molar-refractivity contribution is 6.30. The Labute approximate surface area is 142 Å². The lowest BCUT2D eigenvalue weighted by Crippen LogP contribution is -2.18. The van der Waals surface area contributed by atoms with E-state index in [-0.39, 0.29) is 24.7 Å². The molecule has 0 spiro atoms. The van der Waals surface area contributed by atoms with E-state index >= 15 is 0 Å². The normalized spacial score (nSPS) is 10.0. The first-order chi connectivity index (χ1) is 11.6. The van der Waals surface area contributed by atoms with E-state index in [1.54, 1.807) is 30.3 Å². The maximum atomic E-state index is 11.6. The Bertz CT molecular complexity index is 704. The molecule has 0 aromatic heterocycles. The van der Waals surface area contributed by atoms with Crippen molar-refractivity contribution in [1.82, 2.24) is 0 Å². The minimum atomic E-state index is -0.646. The van der Waals surface area contributed by atoms with Crippen molar-refractivity contribution in [3.63, 3.8) is 0 Å². The Morgan fingerprint density at radius 2 is 1.75 bits per heavy atom. The number of halogens is 1. The van der Waals surface area contributed by atoms with E-state index in [1.807, 2.05) is 0 Å². The summed E-state index contributed by atoms with van der Waals surface area (Å²) >= 11 is 5.75. The maximum absolute atomic E-state index is 11.6. The number of para-hydroxylation sites is 2. The zero-order valence-electron chi connectivity index (χ0n) is 12.5. The molecule has 2 aromatic rings. The van der Waals surface area contributed by atoms with Crippen LogP contribution in [-0.4, -0.2) is 30.7 Å². The van der Waals surface area contributed by atoms with Gasteiger partial charge in [0.05, 0.1) is 4.92 Å². The molecule has 126 valence electrons. The van der Waals surface area contributed by atoms with Crippen molar-refractivity contribution < 1.29 is 23.9 Å². The Kier molecular flexibility index (Phi) is 6.39. The molecule has 0 aliphatic carbocycles. The summed E-state index contributed by atoms with van der Waals surface area (Å²) in [6.07, 6.45) is 0. The van der Waals surface area contributed by atoms with Gasteiger partial charge in [-0.3, -0.25) is 10.1 Å². The standard InChI is InChI=1S/C16H14ClNO6/c17-12-5-7-13(8-6-12)22-9-10-23-16(19)11-24-15-4-2-1-3-14(15)18(20)21/h1-8H,9-11H2. The van der Waals surface area contributed by atoms with Gasteiger partial charge in [-0.25, -0.2) is 4.79 Å². The van der Waals surface area contributed by atoms with Crippen LogP contribution in [0.25, 0.3) is 0 Å². The van der Waals surface area contributed by atoms with Crippen molar-refractivity contribution in [2.45, 2.75) is 0 Å². The molecule has 0 bridgehead atoms. The number of nitrogens with zero attached hydrogens (tertiary/aromatic N) is 1. The number of nitro benzene ring substituents is 1. The fourth-order valence-electron chi connectivity index (χ4n) is 1.75. The SMILES string of the molecule is O=C(COc1ccccc1[N+](=O)[O-])OCCOc1ccc(Cl)cc1. The van der Waals surface area contributed by atoms with Crippen LogP contribution in [-0.2, 0) is 9.53 Å². The predicted molar refractivity (Wildman–Crippen MR) is 86.5 cm³/mol. The zero-order valence-corrected chi connectivity index (χ0v) is 13.3. The zero-order chi connectivity index (χ0) is 17.4. The number of esters is 1. The third-order valence-corrected chi connectivity index (χ3v) is 3.09. The van der Waals surface area contributed by atoms with E-state index in [4.69, 9.17) is 25.8 Å². The first-order valence-corrected chi connectivity index (χ1v) is 7.34. The molecule has 24 heavy (non-hydrogen) atoms. The molecular weight excluding hydrogens is 338 g/mol.